The van der Waals surface area contributed by atoms with Crippen LogP contribution in [0.15, 0.2) is 21.5 Å². The van der Waals surface area contributed by atoms with Gasteiger partial charge in [-0.1, -0.05) is 66.6 Å². The first-order valence-corrected chi connectivity index (χ1v) is 10.8. The van der Waals surface area contributed by atoms with E-state index in [2.05, 4.69) is 29.8 Å². The predicted molar refractivity (Wildman–Crippen MR) is 116 cm³/mol. The zero-order chi connectivity index (χ0) is 19.1. The molecule has 1 heterocycles. The van der Waals surface area contributed by atoms with Crippen LogP contribution in [0.5, 0.6) is 11.5 Å². The monoisotopic (exact) mass is 457 g/mol. The number of methoxy groups -OCH3 is 1. The topological polar surface area (TPSA) is 38.8 Å². The molecule has 0 unspecified atom stereocenters. The number of benzene rings is 1. The summed E-state index contributed by atoms with van der Waals surface area (Å²) in [7, 11) is 1.62. The second-order valence-corrected chi connectivity index (χ2v) is 8.44. The van der Waals surface area contributed by atoms with Crippen molar-refractivity contribution in [3.05, 3.63) is 27.1 Å². The molecule has 4 nitrogen and oxygen atoms in total. The van der Waals surface area contributed by atoms with Crippen molar-refractivity contribution in [2.24, 2.45) is 0 Å². The Kier molecular flexibility index (Phi) is 8.44. The van der Waals surface area contributed by atoms with Gasteiger partial charge in [-0.15, -0.1) is 0 Å². The number of unbranched alkanes of at least 4 members (excludes halogenated alkanes) is 2. The van der Waals surface area contributed by atoms with Crippen LogP contribution < -0.4 is 9.47 Å². The maximum atomic E-state index is 12.6. The van der Waals surface area contributed by atoms with Crippen molar-refractivity contribution in [3.63, 3.8) is 0 Å². The Morgan fingerprint density at radius 1 is 1.23 bits per heavy atom. The minimum absolute atomic E-state index is 0.0254. The van der Waals surface area contributed by atoms with E-state index in [-0.39, 0.29) is 5.91 Å². The zero-order valence-corrected chi connectivity index (χ0v) is 18.6. The first-order chi connectivity index (χ1) is 12.5. The van der Waals surface area contributed by atoms with Gasteiger partial charge in [0.1, 0.15) is 4.32 Å². The molecule has 1 fully saturated rings. The molecule has 1 aromatic rings. The summed E-state index contributed by atoms with van der Waals surface area (Å²) >= 11 is 10.3. The van der Waals surface area contributed by atoms with Crippen LogP contribution in [-0.2, 0) is 4.79 Å². The number of carbonyl (C=O) groups is 1. The molecular formula is C19H24BrNO3S2. The number of hydrogen-bond donors (Lipinski definition) is 0. The van der Waals surface area contributed by atoms with Gasteiger partial charge in [0.25, 0.3) is 5.91 Å². The van der Waals surface area contributed by atoms with Gasteiger partial charge in [0, 0.05) is 11.0 Å². The normalized spacial score (nSPS) is 15.8. The first kappa shape index (κ1) is 21.3. The molecule has 1 saturated heterocycles. The van der Waals surface area contributed by atoms with E-state index in [0.717, 1.165) is 35.7 Å². The summed E-state index contributed by atoms with van der Waals surface area (Å²) in [6.45, 7) is 5.54. The third kappa shape index (κ3) is 5.24. The lowest BCUT2D eigenvalue weighted by molar-refractivity contribution is -0.122. The van der Waals surface area contributed by atoms with Gasteiger partial charge in [-0.2, -0.15) is 0 Å². The van der Waals surface area contributed by atoms with Crippen LogP contribution >= 0.6 is 39.9 Å². The Hall–Kier alpha value is -1.05. The number of amides is 1. The first-order valence-electron chi connectivity index (χ1n) is 8.77. The van der Waals surface area contributed by atoms with Crippen molar-refractivity contribution >= 4 is 56.2 Å². The Bertz CT molecular complexity index is 706. The smallest absolute Gasteiger partial charge is 0.266 e. The number of halogens is 1. The summed E-state index contributed by atoms with van der Waals surface area (Å²) < 4.78 is 12.7. The van der Waals surface area contributed by atoms with Gasteiger partial charge in [0.15, 0.2) is 11.5 Å². The van der Waals surface area contributed by atoms with Crippen LogP contribution in [0.3, 0.4) is 0 Å². The lowest BCUT2D eigenvalue weighted by Crippen LogP contribution is -2.28. The van der Waals surface area contributed by atoms with E-state index < -0.39 is 0 Å². The molecule has 1 aliphatic heterocycles. The van der Waals surface area contributed by atoms with Crippen molar-refractivity contribution < 1.29 is 14.3 Å². The van der Waals surface area contributed by atoms with Crippen LogP contribution in [-0.4, -0.2) is 35.4 Å². The minimum Gasteiger partial charge on any atom is -0.493 e. The molecule has 0 aromatic heterocycles. The van der Waals surface area contributed by atoms with E-state index >= 15 is 0 Å². The van der Waals surface area contributed by atoms with Crippen molar-refractivity contribution in [3.8, 4) is 11.5 Å². The lowest BCUT2D eigenvalue weighted by atomic mass is 10.1. The average Bonchev–Trinajstić information content (AvgIpc) is 2.88. The van der Waals surface area contributed by atoms with Crippen LogP contribution in [0, 0.1) is 0 Å². The molecule has 1 aliphatic rings. The van der Waals surface area contributed by atoms with E-state index in [9.17, 15) is 4.79 Å². The van der Waals surface area contributed by atoms with E-state index in [4.69, 9.17) is 21.7 Å². The third-order valence-electron chi connectivity index (χ3n) is 3.93. The van der Waals surface area contributed by atoms with Crippen LogP contribution in [0.25, 0.3) is 6.08 Å². The van der Waals surface area contributed by atoms with Gasteiger partial charge in [0.05, 0.1) is 18.6 Å². The van der Waals surface area contributed by atoms with E-state index in [0.29, 0.717) is 33.9 Å². The number of ether oxygens (including phenoxy) is 2. The fourth-order valence-electron chi connectivity index (χ4n) is 2.41. The molecule has 0 saturated carbocycles. The minimum atomic E-state index is -0.0254. The van der Waals surface area contributed by atoms with Gasteiger partial charge in [-0.25, -0.2) is 0 Å². The van der Waals surface area contributed by atoms with Gasteiger partial charge in [-0.3, -0.25) is 9.69 Å². The average molecular weight is 458 g/mol. The molecule has 1 amide bonds. The number of rotatable bonds is 9. The Morgan fingerprint density at radius 2 is 1.96 bits per heavy atom. The molecule has 7 heteroatoms. The van der Waals surface area contributed by atoms with Crippen molar-refractivity contribution in [2.75, 3.05) is 20.3 Å². The summed E-state index contributed by atoms with van der Waals surface area (Å²) in [5.74, 6) is 1.32. The maximum Gasteiger partial charge on any atom is 0.266 e. The predicted octanol–water partition coefficient (Wildman–Crippen LogP) is 5.64. The molecule has 0 radical (unpaired) electrons. The van der Waals surface area contributed by atoms with Crippen molar-refractivity contribution in [2.45, 2.75) is 39.5 Å². The van der Waals surface area contributed by atoms with Crippen molar-refractivity contribution in [1.82, 2.24) is 4.90 Å². The largest absolute Gasteiger partial charge is 0.493 e. The highest BCUT2D eigenvalue weighted by Crippen LogP contribution is 2.38. The van der Waals surface area contributed by atoms with E-state index in [1.54, 1.807) is 12.0 Å². The second-order valence-electron chi connectivity index (χ2n) is 5.91. The molecule has 1 aromatic carbocycles. The number of nitrogens with zero attached hydrogens (tertiary/aromatic N) is 1. The highest BCUT2D eigenvalue weighted by atomic mass is 79.9. The second kappa shape index (κ2) is 10.3. The van der Waals surface area contributed by atoms with Crippen LogP contribution in [0.1, 0.15) is 45.1 Å². The van der Waals surface area contributed by atoms with Crippen LogP contribution in [0.2, 0.25) is 0 Å². The summed E-state index contributed by atoms with van der Waals surface area (Å²) in [5, 5.41) is 0. The molecule has 0 N–H and O–H groups in total. The number of hydrogen-bond acceptors (Lipinski definition) is 5. The Morgan fingerprint density at radius 3 is 2.62 bits per heavy atom. The fourth-order valence-corrected chi connectivity index (χ4v) is 4.15. The van der Waals surface area contributed by atoms with Gasteiger partial charge in [0.2, 0.25) is 0 Å². The standard InChI is InChI=1S/C19H24BrNO3S2/c1-4-6-8-21-18(22)17(26-19(21)25)11-13-10-15(23-3)16(12-14(13)20)24-9-7-5-2/h10-12H,4-9H2,1-3H3/b17-11-. The molecule has 26 heavy (non-hydrogen) atoms. The quantitative estimate of drug-likeness (QED) is 0.272. The lowest BCUT2D eigenvalue weighted by Gasteiger charge is -2.13. The molecule has 0 aliphatic carbocycles. The zero-order valence-electron chi connectivity index (χ0n) is 15.3. The number of carbonyl (C=O) groups excluding carboxylic acids is 1. The summed E-state index contributed by atoms with van der Waals surface area (Å²) in [4.78, 5) is 14.9. The van der Waals surface area contributed by atoms with E-state index in [1.165, 1.54) is 11.8 Å². The molecular weight excluding hydrogens is 434 g/mol. The van der Waals surface area contributed by atoms with Crippen LogP contribution in [0.4, 0.5) is 0 Å². The summed E-state index contributed by atoms with van der Waals surface area (Å²) in [6.07, 6.45) is 5.89. The number of thiocarbonyl (C=S) groups is 1. The Labute approximate surface area is 173 Å². The summed E-state index contributed by atoms with van der Waals surface area (Å²) in [5.41, 5.74) is 0.862. The van der Waals surface area contributed by atoms with Gasteiger partial charge >= 0.3 is 0 Å². The third-order valence-corrected chi connectivity index (χ3v) is 6.00. The summed E-state index contributed by atoms with van der Waals surface area (Å²) in [6, 6.07) is 3.77. The Balaban J connectivity index is 2.24. The molecule has 0 atom stereocenters. The number of thioether (sulfide) groups is 1. The fraction of sp³-hybridized carbons (Fsp3) is 0.474. The van der Waals surface area contributed by atoms with Gasteiger partial charge < -0.3 is 9.47 Å². The molecule has 0 bridgehead atoms. The van der Waals surface area contributed by atoms with E-state index in [1.807, 2.05) is 18.2 Å². The molecule has 0 spiro atoms. The highest BCUT2D eigenvalue weighted by molar-refractivity contribution is 9.10. The SMILES string of the molecule is CCCCOc1cc(Br)c(/C=C2\SC(=S)N(CCCC)C2=O)cc1OC. The van der Waals surface area contributed by atoms with Crippen molar-refractivity contribution in [1.29, 1.82) is 0 Å². The highest BCUT2D eigenvalue weighted by Gasteiger charge is 2.31. The molecule has 142 valence electrons. The van der Waals surface area contributed by atoms with Gasteiger partial charge in [-0.05, 0) is 36.6 Å². The maximum absolute atomic E-state index is 12.6. The molecule has 2 rings (SSSR count).